The summed E-state index contributed by atoms with van der Waals surface area (Å²) in [4.78, 5) is 11.2. The molecule has 0 saturated carbocycles. The molecule has 0 saturated heterocycles. The molecule has 0 aromatic heterocycles. The van der Waals surface area contributed by atoms with E-state index < -0.39 is 15.0 Å². The molecule has 0 bridgehead atoms. The monoisotopic (exact) mass is 275 g/mol. The van der Waals surface area contributed by atoms with E-state index in [-0.39, 0.29) is 11.4 Å². The Bertz CT molecular complexity index is 509. The molecule has 0 amide bonds. The number of benzene rings is 1. The third-order valence-corrected chi connectivity index (χ3v) is 4.30. The van der Waals surface area contributed by atoms with Crippen molar-refractivity contribution in [2.45, 2.75) is 4.90 Å². The minimum atomic E-state index is -3.77. The summed E-state index contributed by atoms with van der Waals surface area (Å²) in [6.45, 7) is -0.169. The predicted octanol–water partition coefficient (Wildman–Crippen LogP) is 1.17. The summed E-state index contributed by atoms with van der Waals surface area (Å²) in [7, 11) is -3.77. The first kappa shape index (κ1) is 9.67. The number of fused-ring (bicyclic) bond motifs is 1. The minimum Gasteiger partial charge on any atom is -0.375 e. The Hall–Kier alpha value is -0.880. The zero-order valence-electron chi connectivity index (χ0n) is 6.95. The molecular weight excluding hydrogens is 270 g/mol. The van der Waals surface area contributed by atoms with Crippen LogP contribution in [0.1, 0.15) is 0 Å². The van der Waals surface area contributed by atoms with E-state index >= 15 is 0 Å². The van der Waals surface area contributed by atoms with E-state index in [2.05, 4.69) is 21.2 Å². The van der Waals surface area contributed by atoms with Crippen LogP contribution in [0, 0.1) is 0 Å². The van der Waals surface area contributed by atoms with Crippen molar-refractivity contribution < 1.29 is 13.2 Å². The number of hydrogen-bond acceptors (Lipinski definition) is 4. The lowest BCUT2D eigenvalue weighted by atomic mass is 10.3. The number of carbonyl (C=O) groups is 1. The Morgan fingerprint density at radius 2 is 2.07 bits per heavy atom. The van der Waals surface area contributed by atoms with Crippen molar-refractivity contribution in [1.29, 1.82) is 0 Å². The van der Waals surface area contributed by atoms with E-state index in [4.69, 9.17) is 0 Å². The van der Waals surface area contributed by atoms with Crippen LogP contribution in [-0.4, -0.2) is 20.1 Å². The maximum Gasteiger partial charge on any atom is 0.270 e. The second-order valence-electron chi connectivity index (χ2n) is 2.84. The lowest BCUT2D eigenvalue weighted by Crippen LogP contribution is -2.29. The summed E-state index contributed by atoms with van der Waals surface area (Å²) in [6.07, 6.45) is 0. The van der Waals surface area contributed by atoms with Gasteiger partial charge in [-0.25, -0.2) is 8.42 Å². The lowest BCUT2D eigenvalue weighted by molar-refractivity contribution is -0.110. The smallest absolute Gasteiger partial charge is 0.270 e. The largest absolute Gasteiger partial charge is 0.375 e. The van der Waals surface area contributed by atoms with Crippen molar-refractivity contribution in [3.63, 3.8) is 0 Å². The Balaban J connectivity index is 2.78. The molecule has 74 valence electrons. The van der Waals surface area contributed by atoms with Crippen LogP contribution in [0.3, 0.4) is 0 Å². The SMILES string of the molecule is O=C1CNc2c(Br)cccc2S1(=O)=O. The highest BCUT2D eigenvalue weighted by molar-refractivity contribution is 9.10. The van der Waals surface area contributed by atoms with Crippen LogP contribution < -0.4 is 5.32 Å². The van der Waals surface area contributed by atoms with Gasteiger partial charge in [-0.1, -0.05) is 6.07 Å². The number of carbonyl (C=O) groups excluding carboxylic acids is 1. The molecule has 4 nitrogen and oxygen atoms in total. The predicted molar refractivity (Wildman–Crippen MR) is 54.8 cm³/mol. The number of hydrogen-bond donors (Lipinski definition) is 1. The topological polar surface area (TPSA) is 63.2 Å². The third-order valence-electron chi connectivity index (χ3n) is 1.97. The van der Waals surface area contributed by atoms with Crippen molar-refractivity contribution in [1.82, 2.24) is 0 Å². The number of halogens is 1. The fraction of sp³-hybridized carbons (Fsp3) is 0.125. The average molecular weight is 276 g/mol. The summed E-state index contributed by atoms with van der Waals surface area (Å²) in [5.74, 6) is 0. The lowest BCUT2D eigenvalue weighted by Gasteiger charge is -2.17. The molecule has 2 rings (SSSR count). The molecular formula is C8H6BrNO3S. The summed E-state index contributed by atoms with van der Waals surface area (Å²) in [5, 5.41) is 1.97. The van der Waals surface area contributed by atoms with Gasteiger partial charge in [0.2, 0.25) is 9.84 Å². The van der Waals surface area contributed by atoms with Gasteiger partial charge in [-0.15, -0.1) is 0 Å². The van der Waals surface area contributed by atoms with E-state index in [1.165, 1.54) is 6.07 Å². The van der Waals surface area contributed by atoms with Gasteiger partial charge in [0.05, 0.1) is 17.1 Å². The molecule has 0 radical (unpaired) electrons. The van der Waals surface area contributed by atoms with E-state index in [1.807, 2.05) is 0 Å². The van der Waals surface area contributed by atoms with Crippen molar-refractivity contribution >= 4 is 36.6 Å². The summed E-state index contributed by atoms with van der Waals surface area (Å²) >= 11 is 3.22. The Labute approximate surface area is 89.4 Å². The second kappa shape index (κ2) is 3.06. The number of para-hydroxylation sites is 1. The van der Waals surface area contributed by atoms with Crippen molar-refractivity contribution in [2.75, 3.05) is 11.9 Å². The maximum absolute atomic E-state index is 11.5. The summed E-state index contributed by atoms with van der Waals surface area (Å²) < 4.78 is 23.7. The minimum absolute atomic E-state index is 0.0446. The highest BCUT2D eigenvalue weighted by Crippen LogP contribution is 2.33. The van der Waals surface area contributed by atoms with Crippen molar-refractivity contribution in [3.05, 3.63) is 22.7 Å². The van der Waals surface area contributed by atoms with Gasteiger partial charge in [0.25, 0.3) is 5.12 Å². The standard InChI is InChI=1S/C8H6BrNO3S/c9-5-2-1-3-6-8(5)10-4-7(11)14(6,12)13/h1-3,10H,4H2. The molecule has 14 heavy (non-hydrogen) atoms. The maximum atomic E-state index is 11.5. The van der Waals surface area contributed by atoms with Crippen LogP contribution in [0.5, 0.6) is 0 Å². The molecule has 1 N–H and O–H groups in total. The van der Waals surface area contributed by atoms with Crippen molar-refractivity contribution in [3.8, 4) is 0 Å². The van der Waals surface area contributed by atoms with E-state index in [1.54, 1.807) is 12.1 Å². The zero-order valence-corrected chi connectivity index (χ0v) is 9.35. The first-order valence-electron chi connectivity index (χ1n) is 3.84. The van der Waals surface area contributed by atoms with Crippen molar-refractivity contribution in [2.24, 2.45) is 0 Å². The van der Waals surface area contributed by atoms with Crippen LogP contribution in [0.4, 0.5) is 5.69 Å². The van der Waals surface area contributed by atoms with Gasteiger partial charge in [0, 0.05) is 4.47 Å². The normalized spacial score (nSPS) is 18.5. The molecule has 1 aromatic rings. The van der Waals surface area contributed by atoms with Gasteiger partial charge >= 0.3 is 0 Å². The summed E-state index contributed by atoms with van der Waals surface area (Å²) in [5.41, 5.74) is 0.465. The highest BCUT2D eigenvalue weighted by Gasteiger charge is 2.32. The fourth-order valence-corrected chi connectivity index (χ4v) is 3.13. The zero-order chi connectivity index (χ0) is 10.3. The van der Waals surface area contributed by atoms with Gasteiger partial charge in [-0.05, 0) is 28.1 Å². The Kier molecular flexibility index (Phi) is 2.11. The molecule has 0 spiro atoms. The summed E-state index contributed by atoms with van der Waals surface area (Å²) in [6, 6.07) is 4.72. The Morgan fingerprint density at radius 1 is 1.36 bits per heavy atom. The van der Waals surface area contributed by atoms with Crippen LogP contribution >= 0.6 is 15.9 Å². The third kappa shape index (κ3) is 1.26. The molecule has 0 aliphatic carbocycles. The first-order chi connectivity index (χ1) is 6.53. The fourth-order valence-electron chi connectivity index (χ4n) is 1.28. The molecule has 1 aliphatic heterocycles. The second-order valence-corrected chi connectivity index (χ2v) is 5.60. The van der Waals surface area contributed by atoms with Crippen LogP contribution in [-0.2, 0) is 14.6 Å². The molecule has 0 atom stereocenters. The number of anilines is 1. The van der Waals surface area contributed by atoms with Gasteiger partial charge in [-0.3, -0.25) is 4.79 Å². The van der Waals surface area contributed by atoms with Gasteiger partial charge < -0.3 is 5.32 Å². The molecule has 0 unspecified atom stereocenters. The number of nitrogens with one attached hydrogen (secondary N) is 1. The molecule has 6 heteroatoms. The van der Waals surface area contributed by atoms with Crippen LogP contribution in [0.25, 0.3) is 0 Å². The molecule has 1 aromatic carbocycles. The van der Waals surface area contributed by atoms with E-state index in [9.17, 15) is 13.2 Å². The van der Waals surface area contributed by atoms with E-state index in [0.717, 1.165) is 0 Å². The quantitative estimate of drug-likeness (QED) is 0.772. The first-order valence-corrected chi connectivity index (χ1v) is 6.11. The van der Waals surface area contributed by atoms with Gasteiger partial charge in [0.1, 0.15) is 0 Å². The average Bonchev–Trinajstić information content (AvgIpc) is 2.13. The van der Waals surface area contributed by atoms with E-state index in [0.29, 0.717) is 10.2 Å². The molecule has 1 aliphatic rings. The highest BCUT2D eigenvalue weighted by atomic mass is 79.9. The van der Waals surface area contributed by atoms with Gasteiger partial charge in [-0.2, -0.15) is 0 Å². The number of sulfone groups is 1. The Morgan fingerprint density at radius 3 is 2.79 bits per heavy atom. The molecule has 0 fully saturated rings. The molecule has 1 heterocycles. The number of rotatable bonds is 0. The van der Waals surface area contributed by atoms with Crippen LogP contribution in [0.2, 0.25) is 0 Å². The van der Waals surface area contributed by atoms with Crippen LogP contribution in [0.15, 0.2) is 27.6 Å². The van der Waals surface area contributed by atoms with Gasteiger partial charge in [0.15, 0.2) is 0 Å².